The predicted molar refractivity (Wildman–Crippen MR) is 162 cm³/mol. The summed E-state index contributed by atoms with van der Waals surface area (Å²) in [5.74, 6) is 0.515. The van der Waals surface area contributed by atoms with E-state index >= 15 is 0 Å². The Kier molecular flexibility index (Phi) is 7.35. The molecular formula is C35H37NO8. The number of nitrogens with zero attached hydrogens (tertiary/aromatic N) is 1. The average Bonchev–Trinajstić information content (AvgIpc) is 3.39. The molecule has 1 N–H and O–H groups in total. The summed E-state index contributed by atoms with van der Waals surface area (Å²) in [6.07, 6.45) is 4.62. The van der Waals surface area contributed by atoms with E-state index in [1.165, 1.54) is 5.56 Å². The first kappa shape index (κ1) is 28.8. The van der Waals surface area contributed by atoms with Crippen LogP contribution in [-0.4, -0.2) is 80.7 Å². The highest BCUT2D eigenvalue weighted by Gasteiger charge is 2.64. The SMILES string of the molecule is COc1ccc2cc(C(C)C(=O)OCCOCC(=O)Oc3ccc4c5c3O[C@H]3[C@@H](O)C=C[C@H]6[C@@H](C4)N(C)CC[C@@]563)ccc2c1. The number of likely N-dealkylation sites (N-methyl/N-ethyl adjacent to an activating group) is 1. The number of carbonyl (C=O) groups is 2. The summed E-state index contributed by atoms with van der Waals surface area (Å²) in [6, 6.07) is 15.8. The van der Waals surface area contributed by atoms with Gasteiger partial charge >= 0.3 is 11.9 Å². The van der Waals surface area contributed by atoms with Crippen LogP contribution in [0.1, 0.15) is 36.0 Å². The maximum Gasteiger partial charge on any atom is 0.337 e. The molecule has 2 bridgehead atoms. The van der Waals surface area contributed by atoms with E-state index < -0.39 is 24.1 Å². The van der Waals surface area contributed by atoms with Crippen LogP contribution in [0.15, 0.2) is 60.7 Å². The zero-order valence-electron chi connectivity index (χ0n) is 25.2. The number of piperidine rings is 1. The van der Waals surface area contributed by atoms with Crippen LogP contribution >= 0.6 is 0 Å². The minimum Gasteiger partial charge on any atom is -0.497 e. The van der Waals surface area contributed by atoms with Gasteiger partial charge in [-0.2, -0.15) is 0 Å². The molecule has 3 aromatic carbocycles. The number of aliphatic hydroxyl groups is 1. The molecule has 230 valence electrons. The van der Waals surface area contributed by atoms with E-state index in [2.05, 4.69) is 18.0 Å². The first-order valence-electron chi connectivity index (χ1n) is 15.2. The van der Waals surface area contributed by atoms with Gasteiger partial charge < -0.3 is 33.7 Å². The lowest BCUT2D eigenvalue weighted by Gasteiger charge is -2.56. The lowest BCUT2D eigenvalue weighted by atomic mass is 9.53. The average molecular weight is 600 g/mol. The third-order valence-electron chi connectivity index (χ3n) is 9.98. The van der Waals surface area contributed by atoms with Crippen molar-refractivity contribution < 1.29 is 38.4 Å². The zero-order valence-corrected chi connectivity index (χ0v) is 25.2. The number of methoxy groups -OCH3 is 1. The second-order valence-electron chi connectivity index (χ2n) is 12.3. The second-order valence-corrected chi connectivity index (χ2v) is 12.3. The summed E-state index contributed by atoms with van der Waals surface area (Å²) < 4.78 is 28.3. The first-order valence-corrected chi connectivity index (χ1v) is 15.2. The van der Waals surface area contributed by atoms with Crippen LogP contribution in [0.4, 0.5) is 0 Å². The molecule has 2 heterocycles. The quantitative estimate of drug-likeness (QED) is 0.170. The summed E-state index contributed by atoms with van der Waals surface area (Å²) in [4.78, 5) is 27.8. The van der Waals surface area contributed by atoms with E-state index in [4.69, 9.17) is 23.7 Å². The number of benzene rings is 3. The fraction of sp³-hybridized carbons (Fsp3) is 0.429. The number of aliphatic hydroxyl groups excluding tert-OH is 1. The lowest BCUT2D eigenvalue weighted by molar-refractivity contribution is -0.147. The molecule has 9 heteroatoms. The normalized spacial score (nSPS) is 26.9. The summed E-state index contributed by atoms with van der Waals surface area (Å²) >= 11 is 0. The first-order chi connectivity index (χ1) is 21.3. The van der Waals surface area contributed by atoms with Crippen molar-refractivity contribution in [3.8, 4) is 17.2 Å². The number of fused-ring (bicyclic) bond motifs is 1. The van der Waals surface area contributed by atoms with E-state index in [1.807, 2.05) is 48.5 Å². The van der Waals surface area contributed by atoms with Crippen molar-refractivity contribution in [2.24, 2.45) is 5.92 Å². The Morgan fingerprint density at radius 2 is 1.91 bits per heavy atom. The topological polar surface area (TPSA) is 104 Å². The van der Waals surface area contributed by atoms with Crippen LogP contribution in [0.25, 0.3) is 10.8 Å². The molecule has 44 heavy (non-hydrogen) atoms. The van der Waals surface area contributed by atoms with Crippen LogP contribution in [0.5, 0.6) is 17.2 Å². The third-order valence-corrected chi connectivity index (χ3v) is 9.98. The Hall–Kier alpha value is -3.92. The molecule has 1 saturated heterocycles. The third kappa shape index (κ3) is 4.65. The van der Waals surface area contributed by atoms with Gasteiger partial charge in [-0.05, 0) is 73.5 Å². The van der Waals surface area contributed by atoms with Gasteiger partial charge in [-0.1, -0.05) is 42.5 Å². The molecule has 2 aliphatic heterocycles. The number of hydrogen-bond donors (Lipinski definition) is 1. The molecule has 2 aliphatic carbocycles. The molecule has 3 aromatic rings. The Bertz CT molecular complexity index is 1650. The van der Waals surface area contributed by atoms with Gasteiger partial charge in [0, 0.05) is 22.9 Å². The van der Waals surface area contributed by atoms with Crippen molar-refractivity contribution >= 4 is 22.7 Å². The molecule has 1 spiro atoms. The predicted octanol–water partition coefficient (Wildman–Crippen LogP) is 3.92. The van der Waals surface area contributed by atoms with Crippen molar-refractivity contribution in [1.29, 1.82) is 0 Å². The molecule has 4 aliphatic rings. The van der Waals surface area contributed by atoms with E-state index in [0.717, 1.165) is 47.0 Å². The van der Waals surface area contributed by atoms with Crippen LogP contribution < -0.4 is 14.2 Å². The smallest absolute Gasteiger partial charge is 0.337 e. The molecule has 0 amide bonds. The Labute approximate surface area is 256 Å². The van der Waals surface area contributed by atoms with E-state index in [1.54, 1.807) is 20.1 Å². The number of carbonyl (C=O) groups excluding carboxylic acids is 2. The highest BCUT2D eigenvalue weighted by atomic mass is 16.6. The molecule has 0 radical (unpaired) electrons. The summed E-state index contributed by atoms with van der Waals surface area (Å²) in [5.41, 5.74) is 2.80. The van der Waals surface area contributed by atoms with Crippen LogP contribution in [0.3, 0.4) is 0 Å². The second kappa shape index (κ2) is 11.2. The van der Waals surface area contributed by atoms with Crippen molar-refractivity contribution in [2.45, 2.75) is 49.3 Å². The summed E-state index contributed by atoms with van der Waals surface area (Å²) in [7, 11) is 3.79. The lowest BCUT2D eigenvalue weighted by Crippen LogP contribution is -2.64. The highest BCUT2D eigenvalue weighted by molar-refractivity contribution is 5.87. The molecule has 9 nitrogen and oxygen atoms in total. The maximum atomic E-state index is 12.8. The fourth-order valence-corrected chi connectivity index (χ4v) is 7.72. The van der Waals surface area contributed by atoms with Gasteiger partial charge in [0.1, 0.15) is 31.2 Å². The largest absolute Gasteiger partial charge is 0.497 e. The monoisotopic (exact) mass is 599 g/mol. The van der Waals surface area contributed by atoms with Crippen molar-refractivity contribution in [3.05, 3.63) is 77.4 Å². The number of ether oxygens (including phenoxy) is 5. The van der Waals surface area contributed by atoms with E-state index in [-0.39, 0.29) is 37.1 Å². The van der Waals surface area contributed by atoms with E-state index in [9.17, 15) is 14.7 Å². The molecular weight excluding hydrogens is 562 g/mol. The molecule has 6 atom stereocenters. The highest BCUT2D eigenvalue weighted by Crippen LogP contribution is 2.62. The molecule has 1 unspecified atom stereocenters. The van der Waals surface area contributed by atoms with Gasteiger partial charge in [0.25, 0.3) is 0 Å². The number of rotatable bonds is 9. The van der Waals surface area contributed by atoms with Gasteiger partial charge in [0.15, 0.2) is 11.5 Å². The molecule has 7 rings (SSSR count). The summed E-state index contributed by atoms with van der Waals surface area (Å²) in [5, 5.41) is 12.9. The standard InChI is InChI=1S/C35H37NO8/c1-20(21-4-5-23-17-25(40-3)8-6-22(23)16-21)34(39)42-15-14-41-19-30(38)43-29-11-7-24-18-27-26-9-10-28(37)33-35(26,12-13-36(27)2)31(24)32(29)44-33/h4-11,16-17,20,26-28,33,37H,12-15,18-19H2,1-3H3/t20?,26-,27+,28-,33-,35-/m0/s1. The van der Waals surface area contributed by atoms with Crippen LogP contribution in [-0.2, 0) is 30.9 Å². The number of esters is 2. The van der Waals surface area contributed by atoms with Gasteiger partial charge in [-0.15, -0.1) is 0 Å². The van der Waals surface area contributed by atoms with Gasteiger partial charge in [-0.25, -0.2) is 4.79 Å². The number of likely N-dealkylation sites (tertiary alicyclic amines) is 1. The Morgan fingerprint density at radius 3 is 2.75 bits per heavy atom. The minimum absolute atomic E-state index is 0.0144. The van der Waals surface area contributed by atoms with Gasteiger partial charge in [0.2, 0.25) is 0 Å². The minimum atomic E-state index is -0.726. The zero-order chi connectivity index (χ0) is 30.6. The van der Waals surface area contributed by atoms with Crippen molar-refractivity contribution in [2.75, 3.05) is 40.5 Å². The van der Waals surface area contributed by atoms with Gasteiger partial charge in [-0.3, -0.25) is 4.79 Å². The number of hydrogen-bond acceptors (Lipinski definition) is 9. The molecule has 1 fully saturated rings. The Balaban J connectivity index is 0.939. The van der Waals surface area contributed by atoms with Crippen LogP contribution in [0.2, 0.25) is 0 Å². The van der Waals surface area contributed by atoms with Crippen molar-refractivity contribution in [1.82, 2.24) is 4.90 Å². The Morgan fingerprint density at radius 1 is 1.09 bits per heavy atom. The van der Waals surface area contributed by atoms with E-state index in [0.29, 0.717) is 17.5 Å². The van der Waals surface area contributed by atoms with Crippen molar-refractivity contribution in [3.63, 3.8) is 0 Å². The van der Waals surface area contributed by atoms with Crippen LogP contribution in [0, 0.1) is 5.92 Å². The maximum absolute atomic E-state index is 12.8. The fourth-order valence-electron chi connectivity index (χ4n) is 7.72. The van der Waals surface area contributed by atoms with Gasteiger partial charge in [0.05, 0.1) is 19.6 Å². The summed E-state index contributed by atoms with van der Waals surface area (Å²) in [6.45, 7) is 2.49. The molecule has 0 aromatic heterocycles. The molecule has 0 saturated carbocycles.